The summed E-state index contributed by atoms with van der Waals surface area (Å²) in [5, 5.41) is 13.8. The Bertz CT molecular complexity index is 1280. The molecular weight excluding hydrogens is 487 g/mol. The first-order valence-electron chi connectivity index (χ1n) is 13.5. The minimum atomic E-state index is -1.07. The number of hydrogen-bond donors (Lipinski definition) is 2. The zero-order valence-corrected chi connectivity index (χ0v) is 22.1. The quantitative estimate of drug-likeness (QED) is 0.569. The van der Waals surface area contributed by atoms with Crippen LogP contribution >= 0.6 is 0 Å². The molecule has 6 rings (SSSR count). The summed E-state index contributed by atoms with van der Waals surface area (Å²) in [6.45, 7) is 7.08. The van der Waals surface area contributed by atoms with Gasteiger partial charge in [0.25, 0.3) is 5.91 Å². The summed E-state index contributed by atoms with van der Waals surface area (Å²) in [5.74, 6) is 0.123. The molecule has 2 N–H and O–H groups in total. The number of urea groups is 1. The van der Waals surface area contributed by atoms with Crippen LogP contribution in [0.15, 0.2) is 36.4 Å². The number of hydrogen-bond acceptors (Lipinski definition) is 6. The number of likely N-dealkylation sites (tertiary alicyclic amines) is 1. The summed E-state index contributed by atoms with van der Waals surface area (Å²) in [7, 11) is 1.43. The molecule has 0 bridgehead atoms. The summed E-state index contributed by atoms with van der Waals surface area (Å²) < 4.78 is 19.9. The van der Waals surface area contributed by atoms with E-state index >= 15 is 0 Å². The molecule has 4 atom stereocenters. The number of piperidine rings is 2. The second kappa shape index (κ2) is 9.15. The van der Waals surface area contributed by atoms with Gasteiger partial charge in [-0.05, 0) is 74.5 Å². The van der Waals surface area contributed by atoms with Crippen molar-refractivity contribution in [3.8, 4) is 11.5 Å². The molecule has 0 radical (unpaired) electrons. The van der Waals surface area contributed by atoms with Crippen molar-refractivity contribution >= 4 is 17.6 Å². The number of nitrogens with one attached hydrogen (secondary N) is 1. The Morgan fingerprint density at radius 1 is 1.16 bits per heavy atom. The van der Waals surface area contributed by atoms with Crippen LogP contribution in [-0.4, -0.2) is 76.6 Å². The van der Waals surface area contributed by atoms with Crippen molar-refractivity contribution in [2.45, 2.75) is 56.7 Å². The fourth-order valence-corrected chi connectivity index (χ4v) is 6.98. The van der Waals surface area contributed by atoms with Crippen LogP contribution in [0.4, 0.5) is 14.9 Å². The van der Waals surface area contributed by atoms with E-state index in [4.69, 9.17) is 4.74 Å². The van der Waals surface area contributed by atoms with Crippen molar-refractivity contribution in [1.82, 2.24) is 14.7 Å². The fourth-order valence-electron chi connectivity index (χ4n) is 6.98. The van der Waals surface area contributed by atoms with Gasteiger partial charge in [-0.1, -0.05) is 19.1 Å². The Kier molecular flexibility index (Phi) is 6.01. The molecule has 4 aliphatic rings. The van der Waals surface area contributed by atoms with E-state index in [0.717, 1.165) is 37.1 Å². The number of halogens is 1. The number of aromatic hydroxyl groups is 1. The lowest BCUT2D eigenvalue weighted by Gasteiger charge is -2.48. The monoisotopic (exact) mass is 522 g/mol. The van der Waals surface area contributed by atoms with E-state index in [1.165, 1.54) is 18.1 Å². The summed E-state index contributed by atoms with van der Waals surface area (Å²) in [4.78, 5) is 33.5. The molecule has 0 aliphatic carbocycles. The Hall–Kier alpha value is -3.33. The van der Waals surface area contributed by atoms with Crippen LogP contribution in [0.5, 0.6) is 11.5 Å². The number of phenols is 1. The summed E-state index contributed by atoms with van der Waals surface area (Å²) in [6.07, 6.45) is 2.66. The molecule has 2 unspecified atom stereocenters. The Labute approximate surface area is 222 Å². The number of benzene rings is 2. The average molecular weight is 523 g/mol. The van der Waals surface area contributed by atoms with Crippen LogP contribution in [0.2, 0.25) is 0 Å². The van der Waals surface area contributed by atoms with Gasteiger partial charge in [0.1, 0.15) is 11.3 Å². The third kappa shape index (κ3) is 3.82. The van der Waals surface area contributed by atoms with Gasteiger partial charge in [0.15, 0.2) is 11.6 Å². The normalized spacial score (nSPS) is 29.2. The highest BCUT2D eigenvalue weighted by atomic mass is 19.1. The molecule has 3 amide bonds. The molecule has 3 fully saturated rings. The first-order chi connectivity index (χ1) is 18.2. The molecule has 4 heterocycles. The number of nitrogens with zero attached hydrogens (tertiary/aromatic N) is 3. The van der Waals surface area contributed by atoms with Crippen molar-refractivity contribution in [3.63, 3.8) is 0 Å². The van der Waals surface area contributed by atoms with Gasteiger partial charge >= 0.3 is 6.03 Å². The minimum absolute atomic E-state index is 0.0868. The lowest BCUT2D eigenvalue weighted by molar-refractivity contribution is -0.135. The van der Waals surface area contributed by atoms with E-state index in [1.54, 1.807) is 29.2 Å². The van der Waals surface area contributed by atoms with E-state index in [0.29, 0.717) is 31.1 Å². The predicted molar refractivity (Wildman–Crippen MR) is 141 cm³/mol. The highest BCUT2D eigenvalue weighted by Crippen LogP contribution is 2.56. The predicted octanol–water partition coefficient (Wildman–Crippen LogP) is 4.32. The largest absolute Gasteiger partial charge is 0.508 e. The summed E-state index contributed by atoms with van der Waals surface area (Å²) >= 11 is 0. The molecule has 0 spiro atoms. The highest BCUT2D eigenvalue weighted by molar-refractivity contribution is 6.07. The molecule has 4 aliphatic heterocycles. The van der Waals surface area contributed by atoms with E-state index in [2.05, 4.69) is 17.1 Å². The van der Waals surface area contributed by atoms with Gasteiger partial charge in [-0.15, -0.1) is 0 Å². The number of carbonyl (C=O) groups excluding carboxylic acids is 2. The third-order valence-corrected chi connectivity index (χ3v) is 9.12. The second-order valence-electron chi connectivity index (χ2n) is 11.5. The standard InChI is InChI=1S/C29H35FN4O4/c1-17-7-9-32(10-8-17)11-12-33-27(36)29(2)16-21-20-14-24(38-3)22(30)15-23(20)31-25(21)26(34(29)28(33)37)18-5-4-6-19(35)13-18/h4-6,13-15,17,21,25-26,31,35H,7-12,16H2,1-3H3/t21?,25?,26-,29+/m1/s1. The number of fused-ring (bicyclic) bond motifs is 4. The van der Waals surface area contributed by atoms with Crippen LogP contribution in [0.3, 0.4) is 0 Å². The zero-order chi connectivity index (χ0) is 26.8. The number of phenolic OH excluding ortho intramolecular Hbond substituents is 1. The second-order valence-corrected chi connectivity index (χ2v) is 11.5. The molecule has 3 saturated heterocycles. The SMILES string of the molecule is COc1cc2c(cc1F)NC1C2C[C@@]2(C)C(=O)N(CCN3CCC(C)CC3)C(=O)N2[C@@H]1c1cccc(O)c1. The topological polar surface area (TPSA) is 85.4 Å². The van der Waals surface area contributed by atoms with Crippen molar-refractivity contribution in [2.24, 2.45) is 5.92 Å². The summed E-state index contributed by atoms with van der Waals surface area (Å²) in [6, 6.07) is 8.83. The highest BCUT2D eigenvalue weighted by Gasteiger charge is 2.64. The van der Waals surface area contributed by atoms with Gasteiger partial charge in [0.05, 0.1) is 19.2 Å². The first-order valence-corrected chi connectivity index (χ1v) is 13.5. The van der Waals surface area contributed by atoms with Crippen LogP contribution in [0.25, 0.3) is 0 Å². The lowest BCUT2D eigenvalue weighted by atomic mass is 9.72. The Morgan fingerprint density at radius 3 is 2.63 bits per heavy atom. The molecule has 38 heavy (non-hydrogen) atoms. The Morgan fingerprint density at radius 2 is 1.92 bits per heavy atom. The summed E-state index contributed by atoms with van der Waals surface area (Å²) in [5.41, 5.74) is 1.17. The van der Waals surface area contributed by atoms with E-state index in [1.807, 2.05) is 13.0 Å². The van der Waals surface area contributed by atoms with Gasteiger partial charge in [0.2, 0.25) is 0 Å². The van der Waals surface area contributed by atoms with Crippen LogP contribution in [-0.2, 0) is 4.79 Å². The smallest absolute Gasteiger partial charge is 0.328 e. The number of ether oxygens (including phenoxy) is 1. The Balaban J connectivity index is 1.37. The molecule has 2 aromatic rings. The lowest BCUT2D eigenvalue weighted by Crippen LogP contribution is -2.58. The van der Waals surface area contributed by atoms with Crippen molar-refractivity contribution in [3.05, 3.63) is 53.3 Å². The molecule has 0 saturated carbocycles. The number of anilines is 1. The third-order valence-electron chi connectivity index (χ3n) is 9.12. The van der Waals surface area contributed by atoms with Gasteiger partial charge in [-0.25, -0.2) is 9.18 Å². The average Bonchev–Trinajstić information content (AvgIpc) is 3.32. The van der Waals surface area contributed by atoms with Gasteiger partial charge < -0.3 is 25.0 Å². The fraction of sp³-hybridized carbons (Fsp3) is 0.517. The minimum Gasteiger partial charge on any atom is -0.508 e. The molecular formula is C29H35FN4O4. The van der Waals surface area contributed by atoms with E-state index < -0.39 is 17.4 Å². The molecule has 202 valence electrons. The molecule has 8 nitrogen and oxygen atoms in total. The van der Waals surface area contributed by atoms with Gasteiger partial charge in [0, 0.05) is 30.8 Å². The van der Waals surface area contributed by atoms with Crippen molar-refractivity contribution < 1.29 is 23.8 Å². The molecule has 9 heteroatoms. The van der Waals surface area contributed by atoms with Crippen LogP contribution < -0.4 is 10.1 Å². The number of methoxy groups -OCH3 is 1. The zero-order valence-electron chi connectivity index (χ0n) is 22.1. The maximum absolute atomic E-state index is 14.6. The van der Waals surface area contributed by atoms with Crippen LogP contribution in [0.1, 0.15) is 56.2 Å². The number of amides is 3. The van der Waals surface area contributed by atoms with Crippen LogP contribution in [0, 0.1) is 11.7 Å². The molecule has 2 aromatic carbocycles. The van der Waals surface area contributed by atoms with Crippen molar-refractivity contribution in [1.29, 1.82) is 0 Å². The van der Waals surface area contributed by atoms with Gasteiger partial charge in [-0.3, -0.25) is 9.69 Å². The molecule has 0 aromatic heterocycles. The first kappa shape index (κ1) is 25.0. The maximum atomic E-state index is 14.6. The van der Waals surface area contributed by atoms with E-state index in [9.17, 15) is 19.1 Å². The number of rotatable bonds is 5. The number of imide groups is 1. The number of carbonyl (C=O) groups is 2. The van der Waals surface area contributed by atoms with E-state index in [-0.39, 0.29) is 35.4 Å². The maximum Gasteiger partial charge on any atom is 0.328 e. The van der Waals surface area contributed by atoms with Gasteiger partial charge in [-0.2, -0.15) is 0 Å². The van der Waals surface area contributed by atoms with Crippen molar-refractivity contribution in [2.75, 3.05) is 38.6 Å².